The van der Waals surface area contributed by atoms with Gasteiger partial charge < -0.3 is 5.32 Å². The largest absolute Gasteiger partial charge is 0.310 e. The van der Waals surface area contributed by atoms with Crippen molar-refractivity contribution >= 4 is 17.0 Å². The van der Waals surface area contributed by atoms with Crippen LogP contribution in [0.4, 0.5) is 10.1 Å². The zero-order chi connectivity index (χ0) is 15.4. The summed E-state index contributed by atoms with van der Waals surface area (Å²) in [5.41, 5.74) is -0.0122. The molecule has 0 aliphatic heterocycles. The maximum atomic E-state index is 13.3. The van der Waals surface area contributed by atoms with Crippen LogP contribution < -0.4 is 5.32 Å². The summed E-state index contributed by atoms with van der Waals surface area (Å²) in [7, 11) is 0. The summed E-state index contributed by atoms with van der Waals surface area (Å²) in [4.78, 5) is 10.4. The SMILES string of the molecule is CC(C)CNCc1nnc(-c2cc(F)ccc2[N+](=O)[O-])s1. The molecular weight excluding hydrogens is 295 g/mol. The van der Waals surface area contributed by atoms with Gasteiger partial charge in [0.2, 0.25) is 0 Å². The second-order valence-corrected chi connectivity index (χ2v) is 6.01. The van der Waals surface area contributed by atoms with Crippen molar-refractivity contribution in [3.05, 3.63) is 39.1 Å². The second kappa shape index (κ2) is 6.68. The first-order valence-electron chi connectivity index (χ1n) is 6.44. The number of halogens is 1. The molecule has 8 heteroatoms. The molecule has 21 heavy (non-hydrogen) atoms. The third-order valence-corrected chi connectivity index (χ3v) is 3.64. The van der Waals surface area contributed by atoms with E-state index in [4.69, 9.17) is 0 Å². The van der Waals surface area contributed by atoms with Crippen molar-refractivity contribution in [1.29, 1.82) is 0 Å². The van der Waals surface area contributed by atoms with Crippen molar-refractivity contribution in [2.24, 2.45) is 5.92 Å². The molecule has 1 aromatic carbocycles. The fraction of sp³-hybridized carbons (Fsp3) is 0.385. The monoisotopic (exact) mass is 310 g/mol. The number of nitro groups is 1. The molecule has 0 fully saturated rings. The molecule has 0 unspecified atom stereocenters. The topological polar surface area (TPSA) is 81.0 Å². The molecule has 1 N–H and O–H groups in total. The first-order valence-corrected chi connectivity index (χ1v) is 7.26. The van der Waals surface area contributed by atoms with Gasteiger partial charge in [-0.05, 0) is 24.6 Å². The molecule has 0 spiro atoms. The van der Waals surface area contributed by atoms with E-state index in [0.29, 0.717) is 22.5 Å². The lowest BCUT2D eigenvalue weighted by Gasteiger charge is -2.04. The van der Waals surface area contributed by atoms with Crippen LogP contribution in [0, 0.1) is 21.8 Å². The molecule has 0 atom stereocenters. The van der Waals surface area contributed by atoms with E-state index in [2.05, 4.69) is 29.4 Å². The zero-order valence-corrected chi connectivity index (χ0v) is 12.5. The lowest BCUT2D eigenvalue weighted by atomic mass is 10.2. The molecule has 6 nitrogen and oxygen atoms in total. The molecule has 1 heterocycles. The molecule has 0 bridgehead atoms. The van der Waals surface area contributed by atoms with Gasteiger partial charge in [0.25, 0.3) is 5.69 Å². The van der Waals surface area contributed by atoms with Crippen LogP contribution in [0.3, 0.4) is 0 Å². The van der Waals surface area contributed by atoms with Crippen LogP contribution in [0.25, 0.3) is 10.6 Å². The van der Waals surface area contributed by atoms with E-state index in [9.17, 15) is 14.5 Å². The van der Waals surface area contributed by atoms with Gasteiger partial charge in [-0.3, -0.25) is 10.1 Å². The quantitative estimate of drug-likeness (QED) is 0.655. The minimum absolute atomic E-state index is 0.160. The highest BCUT2D eigenvalue weighted by Crippen LogP contribution is 2.32. The Morgan fingerprint density at radius 1 is 1.43 bits per heavy atom. The number of nitrogens with one attached hydrogen (secondary N) is 1. The smallest absolute Gasteiger partial charge is 0.279 e. The van der Waals surface area contributed by atoms with Gasteiger partial charge in [0.1, 0.15) is 10.8 Å². The van der Waals surface area contributed by atoms with Crippen LogP contribution in [0.1, 0.15) is 18.9 Å². The summed E-state index contributed by atoms with van der Waals surface area (Å²) in [5, 5.41) is 23.2. The molecule has 0 aliphatic carbocycles. The van der Waals surface area contributed by atoms with Gasteiger partial charge in [-0.15, -0.1) is 10.2 Å². The Labute approximate surface area is 125 Å². The Morgan fingerprint density at radius 2 is 2.19 bits per heavy atom. The van der Waals surface area contributed by atoms with Gasteiger partial charge in [0.15, 0.2) is 5.01 Å². The number of rotatable bonds is 6. The summed E-state index contributed by atoms with van der Waals surface area (Å²) < 4.78 is 13.3. The highest BCUT2D eigenvalue weighted by Gasteiger charge is 2.19. The van der Waals surface area contributed by atoms with E-state index in [0.717, 1.165) is 24.7 Å². The fourth-order valence-electron chi connectivity index (χ4n) is 1.74. The van der Waals surface area contributed by atoms with Gasteiger partial charge >= 0.3 is 0 Å². The number of hydrogen-bond acceptors (Lipinski definition) is 6. The van der Waals surface area contributed by atoms with E-state index in [1.54, 1.807) is 0 Å². The van der Waals surface area contributed by atoms with Crippen LogP contribution in [0.5, 0.6) is 0 Å². The number of nitro benzene ring substituents is 1. The van der Waals surface area contributed by atoms with Gasteiger partial charge in [0.05, 0.1) is 10.5 Å². The van der Waals surface area contributed by atoms with Crippen molar-refractivity contribution in [2.45, 2.75) is 20.4 Å². The summed E-state index contributed by atoms with van der Waals surface area (Å²) in [6, 6.07) is 3.32. The highest BCUT2D eigenvalue weighted by molar-refractivity contribution is 7.14. The maximum absolute atomic E-state index is 13.3. The van der Waals surface area contributed by atoms with Crippen molar-refractivity contribution in [3.63, 3.8) is 0 Å². The van der Waals surface area contributed by atoms with Gasteiger partial charge in [-0.2, -0.15) is 0 Å². The molecule has 112 valence electrons. The summed E-state index contributed by atoms with van der Waals surface area (Å²) >= 11 is 1.22. The van der Waals surface area contributed by atoms with Crippen molar-refractivity contribution in [2.75, 3.05) is 6.54 Å². The van der Waals surface area contributed by atoms with E-state index >= 15 is 0 Å². The van der Waals surface area contributed by atoms with Crippen molar-refractivity contribution in [1.82, 2.24) is 15.5 Å². The molecule has 0 saturated carbocycles. The highest BCUT2D eigenvalue weighted by atomic mass is 32.1. The molecule has 0 saturated heterocycles. The molecule has 0 amide bonds. The van der Waals surface area contributed by atoms with Gasteiger partial charge in [0, 0.05) is 12.6 Å². The van der Waals surface area contributed by atoms with Crippen LogP contribution >= 0.6 is 11.3 Å². The number of hydrogen-bond donors (Lipinski definition) is 1. The average Bonchev–Trinajstić information content (AvgIpc) is 2.86. The number of benzene rings is 1. The number of aromatic nitrogens is 2. The molecule has 2 rings (SSSR count). The first-order chi connectivity index (χ1) is 9.97. The van der Waals surface area contributed by atoms with Crippen LogP contribution in [0.2, 0.25) is 0 Å². The minimum Gasteiger partial charge on any atom is -0.310 e. The van der Waals surface area contributed by atoms with Crippen molar-refractivity contribution < 1.29 is 9.31 Å². The Hall–Kier alpha value is -1.93. The average molecular weight is 310 g/mol. The third kappa shape index (κ3) is 4.02. The second-order valence-electron chi connectivity index (χ2n) is 4.94. The number of nitrogens with zero attached hydrogens (tertiary/aromatic N) is 3. The van der Waals surface area contributed by atoms with Gasteiger partial charge in [-0.25, -0.2) is 4.39 Å². The zero-order valence-electron chi connectivity index (χ0n) is 11.7. The normalized spacial score (nSPS) is 11.0. The van der Waals surface area contributed by atoms with E-state index in [1.807, 2.05) is 0 Å². The molecule has 1 aromatic heterocycles. The van der Waals surface area contributed by atoms with E-state index in [-0.39, 0.29) is 11.3 Å². The third-order valence-electron chi connectivity index (χ3n) is 2.68. The Morgan fingerprint density at radius 3 is 2.86 bits per heavy atom. The maximum Gasteiger partial charge on any atom is 0.279 e. The minimum atomic E-state index is -0.549. The standard InChI is InChI=1S/C13H15FN4O2S/c1-8(2)6-15-7-12-16-17-13(21-12)10-5-9(14)3-4-11(10)18(19)20/h3-5,8,15H,6-7H2,1-2H3. The van der Waals surface area contributed by atoms with Crippen molar-refractivity contribution in [3.8, 4) is 10.6 Å². The Bertz CT molecular complexity index is 645. The predicted octanol–water partition coefficient (Wildman–Crippen LogP) is 3.00. The Kier molecular flexibility index (Phi) is 4.92. The first kappa shape index (κ1) is 15.5. The molecular formula is C13H15FN4O2S. The molecule has 0 aliphatic rings. The van der Waals surface area contributed by atoms with Gasteiger partial charge in [-0.1, -0.05) is 25.2 Å². The summed E-state index contributed by atoms with van der Waals surface area (Å²) in [6.07, 6.45) is 0. The van der Waals surface area contributed by atoms with E-state index in [1.165, 1.54) is 11.3 Å². The lowest BCUT2D eigenvalue weighted by molar-refractivity contribution is -0.384. The van der Waals surface area contributed by atoms with E-state index < -0.39 is 10.7 Å². The van der Waals surface area contributed by atoms with Crippen LogP contribution in [-0.4, -0.2) is 21.7 Å². The Balaban J connectivity index is 2.21. The fourth-order valence-corrected chi connectivity index (χ4v) is 2.57. The van der Waals surface area contributed by atoms with Crippen LogP contribution in [0.15, 0.2) is 18.2 Å². The molecule has 0 radical (unpaired) electrons. The molecule has 2 aromatic rings. The lowest BCUT2D eigenvalue weighted by Crippen LogP contribution is -2.18. The summed E-state index contributed by atoms with van der Waals surface area (Å²) in [5.74, 6) is -0.0213. The summed E-state index contributed by atoms with van der Waals surface area (Å²) in [6.45, 7) is 5.57. The predicted molar refractivity (Wildman–Crippen MR) is 78.5 cm³/mol. The van der Waals surface area contributed by atoms with Crippen LogP contribution in [-0.2, 0) is 6.54 Å².